The fourth-order valence-corrected chi connectivity index (χ4v) is 3.06. The first-order valence-electron chi connectivity index (χ1n) is 7.68. The van der Waals surface area contributed by atoms with Crippen LogP contribution in [0.4, 0.5) is 4.79 Å². The molecule has 9 nitrogen and oxygen atoms in total. The molecule has 0 saturated carbocycles. The lowest BCUT2D eigenvalue weighted by Crippen LogP contribution is -2.61. The van der Waals surface area contributed by atoms with Gasteiger partial charge in [0, 0.05) is 18.6 Å². The van der Waals surface area contributed by atoms with E-state index >= 15 is 0 Å². The van der Waals surface area contributed by atoms with E-state index in [9.17, 15) is 14.4 Å². The molecule has 26 heavy (non-hydrogen) atoms. The van der Waals surface area contributed by atoms with Crippen LogP contribution >= 0.6 is 15.9 Å². The van der Waals surface area contributed by atoms with E-state index in [-0.39, 0.29) is 6.54 Å². The Kier molecular flexibility index (Phi) is 4.94. The number of hydrogen-bond acceptors (Lipinski definition) is 5. The Balaban J connectivity index is 1.62. The van der Waals surface area contributed by atoms with Gasteiger partial charge in [0.15, 0.2) is 6.54 Å². The van der Waals surface area contributed by atoms with Crippen molar-refractivity contribution in [3.8, 4) is 0 Å². The summed E-state index contributed by atoms with van der Waals surface area (Å²) in [6.45, 7) is -0.116. The lowest BCUT2D eigenvalue weighted by atomic mass is 10.1. The summed E-state index contributed by atoms with van der Waals surface area (Å²) in [5.41, 5.74) is 3.24. The quantitative estimate of drug-likeness (QED) is 0.430. The number of carbonyl (C=O) groups is 3. The van der Waals surface area contributed by atoms with Crippen molar-refractivity contribution in [1.82, 2.24) is 15.2 Å². The summed E-state index contributed by atoms with van der Waals surface area (Å²) in [6, 6.07) is 6.20. The van der Waals surface area contributed by atoms with Gasteiger partial charge in [0.2, 0.25) is 0 Å². The van der Waals surface area contributed by atoms with Crippen LogP contribution in [-0.4, -0.2) is 77.3 Å². The van der Waals surface area contributed by atoms with Gasteiger partial charge in [-0.25, -0.2) is 14.8 Å². The minimum atomic E-state index is -0.789. The maximum Gasteiger partial charge on any atom is 0.333 e. The average molecular weight is 420 g/mol. The second kappa shape index (κ2) is 7.16. The molecule has 2 aliphatic rings. The first kappa shape index (κ1) is 17.9. The fraction of sp³-hybridized carbons (Fsp3) is 0.250. The number of hydrogen-bond donors (Lipinski definition) is 1. The van der Waals surface area contributed by atoms with Gasteiger partial charge in [-0.15, -0.1) is 0 Å². The van der Waals surface area contributed by atoms with Crippen LogP contribution in [0.3, 0.4) is 0 Å². The molecule has 10 heteroatoms. The summed E-state index contributed by atoms with van der Waals surface area (Å²) in [6.07, 6.45) is 2.91. The summed E-state index contributed by atoms with van der Waals surface area (Å²) in [7, 11) is 2.94. The van der Waals surface area contributed by atoms with E-state index in [1.54, 1.807) is 0 Å². The average Bonchev–Trinajstić information content (AvgIpc) is 3.02. The van der Waals surface area contributed by atoms with Crippen LogP contribution in [0.2, 0.25) is 0 Å². The fourth-order valence-electron chi connectivity index (χ4n) is 2.64. The zero-order valence-electron chi connectivity index (χ0n) is 14.1. The van der Waals surface area contributed by atoms with Gasteiger partial charge < -0.3 is 0 Å². The molecule has 4 amide bonds. The Morgan fingerprint density at radius 3 is 2.88 bits per heavy atom. The van der Waals surface area contributed by atoms with E-state index in [0.717, 1.165) is 14.9 Å². The number of urea groups is 1. The summed E-state index contributed by atoms with van der Waals surface area (Å²) < 4.78 is 2.38. The first-order chi connectivity index (χ1) is 12.4. The molecule has 1 aromatic carbocycles. The van der Waals surface area contributed by atoms with E-state index in [1.165, 1.54) is 36.1 Å². The number of hydrazone groups is 1. The van der Waals surface area contributed by atoms with Gasteiger partial charge in [-0.1, -0.05) is 28.1 Å². The highest BCUT2D eigenvalue weighted by atomic mass is 79.9. The van der Waals surface area contributed by atoms with Gasteiger partial charge in [0.05, 0.1) is 6.21 Å². The Bertz CT molecular complexity index is 878. The Morgan fingerprint density at radius 1 is 1.38 bits per heavy atom. The second-order valence-electron chi connectivity index (χ2n) is 5.76. The molecule has 0 spiro atoms. The molecule has 1 N–H and O–H groups in total. The van der Waals surface area contributed by atoms with Gasteiger partial charge in [-0.05, 0) is 22.7 Å². The van der Waals surface area contributed by atoms with E-state index in [2.05, 4.69) is 31.4 Å². The number of amidine groups is 1. The second-order valence-corrected chi connectivity index (χ2v) is 6.68. The van der Waals surface area contributed by atoms with E-state index in [1.807, 2.05) is 24.3 Å². The number of aliphatic imine (C=N–C) groups is 1. The number of benzene rings is 1. The zero-order chi connectivity index (χ0) is 18.8. The molecule has 1 unspecified atom stereocenters. The van der Waals surface area contributed by atoms with Crippen molar-refractivity contribution in [1.29, 1.82) is 0 Å². The van der Waals surface area contributed by atoms with Gasteiger partial charge in [0.1, 0.15) is 0 Å². The van der Waals surface area contributed by atoms with E-state index in [0.29, 0.717) is 5.84 Å². The number of rotatable bonds is 4. The van der Waals surface area contributed by atoms with Crippen molar-refractivity contribution in [3.05, 3.63) is 34.3 Å². The number of fused-ring (bicyclic) bond motifs is 1. The third-order valence-electron chi connectivity index (χ3n) is 3.97. The van der Waals surface area contributed by atoms with Gasteiger partial charge in [-0.2, -0.15) is 5.10 Å². The third kappa shape index (κ3) is 3.40. The van der Waals surface area contributed by atoms with Crippen molar-refractivity contribution < 1.29 is 19.0 Å². The lowest BCUT2D eigenvalue weighted by Gasteiger charge is -2.30. The predicted molar refractivity (Wildman–Crippen MR) is 98.2 cm³/mol. The number of carbonyl (C=O) groups excluding carboxylic acids is 3. The van der Waals surface area contributed by atoms with Crippen LogP contribution in [0.1, 0.15) is 5.56 Å². The van der Waals surface area contributed by atoms with Crippen LogP contribution in [-0.2, 0) is 9.59 Å². The number of nitrogens with one attached hydrogen (secondary N) is 1. The van der Waals surface area contributed by atoms with Crippen LogP contribution < -0.4 is 5.43 Å². The third-order valence-corrected chi connectivity index (χ3v) is 4.47. The Hall–Kier alpha value is -2.88. The Labute approximate surface area is 157 Å². The van der Waals surface area contributed by atoms with Gasteiger partial charge >= 0.3 is 6.03 Å². The molecule has 1 fully saturated rings. The standard InChI is InChI=1S/C16H15BrN6O3/c1-21-14-13(15(25)22(2)16(21)26)23(9-18-14)8-12(24)20-19-7-10-4-3-5-11(17)6-10/h3-7,9,13H,8H2,1-2H3/p+1/b19-7+. The molecular formula is C16H16BrN6O3+. The summed E-state index contributed by atoms with van der Waals surface area (Å²) in [5.74, 6) is -0.520. The molecule has 2 aliphatic heterocycles. The maximum absolute atomic E-state index is 12.4. The summed E-state index contributed by atoms with van der Waals surface area (Å²) in [5, 5.41) is 3.91. The number of halogens is 1. The van der Waals surface area contributed by atoms with Crippen LogP contribution in [0, 0.1) is 0 Å². The highest BCUT2D eigenvalue weighted by Gasteiger charge is 2.50. The molecule has 0 radical (unpaired) electrons. The van der Waals surface area contributed by atoms with Crippen molar-refractivity contribution in [2.75, 3.05) is 20.6 Å². The largest absolute Gasteiger partial charge is 0.333 e. The smallest absolute Gasteiger partial charge is 0.269 e. The highest BCUT2D eigenvalue weighted by molar-refractivity contribution is 9.10. The first-order valence-corrected chi connectivity index (χ1v) is 8.47. The molecule has 1 saturated heterocycles. The molecule has 134 valence electrons. The minimum absolute atomic E-state index is 0.116. The minimum Gasteiger partial charge on any atom is -0.269 e. The van der Waals surface area contributed by atoms with Crippen LogP contribution in [0.5, 0.6) is 0 Å². The molecule has 1 aromatic rings. The zero-order valence-corrected chi connectivity index (χ0v) is 15.7. The van der Waals surface area contributed by atoms with Crippen molar-refractivity contribution in [3.63, 3.8) is 0 Å². The van der Waals surface area contributed by atoms with Crippen molar-refractivity contribution >= 4 is 52.2 Å². The van der Waals surface area contributed by atoms with E-state index < -0.39 is 23.9 Å². The molecule has 0 aliphatic carbocycles. The molecule has 0 aromatic heterocycles. The monoisotopic (exact) mass is 419 g/mol. The van der Waals surface area contributed by atoms with Gasteiger partial charge in [-0.3, -0.25) is 19.4 Å². The number of nitrogens with zero attached hydrogens (tertiary/aromatic N) is 5. The van der Waals surface area contributed by atoms with Crippen LogP contribution in [0.25, 0.3) is 0 Å². The predicted octanol–water partition coefficient (Wildman–Crippen LogP) is 0.245. The van der Waals surface area contributed by atoms with Gasteiger partial charge in [0.25, 0.3) is 30.0 Å². The normalized spacial score (nSPS) is 19.6. The van der Waals surface area contributed by atoms with Crippen molar-refractivity contribution in [2.45, 2.75) is 6.04 Å². The number of imide groups is 1. The molecule has 0 bridgehead atoms. The maximum atomic E-state index is 12.4. The van der Waals surface area contributed by atoms with Crippen molar-refractivity contribution in [2.24, 2.45) is 10.1 Å². The Morgan fingerprint density at radius 2 is 2.15 bits per heavy atom. The highest BCUT2D eigenvalue weighted by Crippen LogP contribution is 2.16. The van der Waals surface area contributed by atoms with Crippen LogP contribution in [0.15, 0.2) is 38.8 Å². The molecule has 2 heterocycles. The number of amides is 4. The lowest BCUT2D eigenvalue weighted by molar-refractivity contribution is -0.519. The summed E-state index contributed by atoms with van der Waals surface area (Å²) in [4.78, 5) is 42.8. The topological polar surface area (TPSA) is 97.4 Å². The number of likely N-dealkylation sites (N-methyl/N-ethyl adjacent to an activating group) is 2. The SMILES string of the molecule is CN1C(=O)C2C(=NC=[N+]2CC(=O)N/N=C/c2cccc(Br)c2)N(C)C1=O. The van der Waals surface area contributed by atoms with E-state index in [4.69, 9.17) is 0 Å². The molecule has 1 atom stereocenters. The molecule has 3 rings (SSSR count). The molecular weight excluding hydrogens is 404 g/mol. The summed E-state index contributed by atoms with van der Waals surface area (Å²) >= 11 is 3.36.